The Hall–Kier alpha value is -2.95. The van der Waals surface area contributed by atoms with Crippen molar-refractivity contribution in [3.8, 4) is 0 Å². The van der Waals surface area contributed by atoms with E-state index in [1.165, 1.54) is 4.57 Å². The van der Waals surface area contributed by atoms with E-state index < -0.39 is 0 Å². The zero-order valence-corrected chi connectivity index (χ0v) is 13.7. The van der Waals surface area contributed by atoms with Crippen LogP contribution >= 0.6 is 0 Å². The number of benzene rings is 1. The maximum atomic E-state index is 12.4. The van der Waals surface area contributed by atoms with E-state index in [9.17, 15) is 9.59 Å². The van der Waals surface area contributed by atoms with Crippen LogP contribution in [0.15, 0.2) is 59.5 Å². The molecule has 2 heterocycles. The van der Waals surface area contributed by atoms with Crippen molar-refractivity contribution < 1.29 is 4.79 Å². The highest BCUT2D eigenvalue weighted by Gasteiger charge is 2.13. The van der Waals surface area contributed by atoms with Gasteiger partial charge in [0.15, 0.2) is 0 Å². The molecule has 0 saturated carbocycles. The van der Waals surface area contributed by atoms with E-state index in [1.54, 1.807) is 12.3 Å². The van der Waals surface area contributed by atoms with Gasteiger partial charge in [-0.3, -0.25) is 19.1 Å². The Morgan fingerprint density at radius 2 is 1.96 bits per heavy atom. The maximum Gasteiger partial charge on any atom is 0.251 e. The topological polar surface area (TPSA) is 64.0 Å². The van der Waals surface area contributed by atoms with Crippen molar-refractivity contribution in [1.29, 1.82) is 0 Å². The predicted molar refractivity (Wildman–Crippen MR) is 93.7 cm³/mol. The lowest BCUT2D eigenvalue weighted by atomic mass is 10.1. The van der Waals surface area contributed by atoms with Gasteiger partial charge in [-0.2, -0.15) is 0 Å². The predicted octanol–water partition coefficient (Wildman–Crippen LogP) is 2.58. The van der Waals surface area contributed by atoms with E-state index in [-0.39, 0.29) is 24.1 Å². The fraction of sp³-hybridized carbons (Fsp3) is 0.211. The quantitative estimate of drug-likeness (QED) is 0.803. The summed E-state index contributed by atoms with van der Waals surface area (Å²) in [5, 5.41) is 3.86. The minimum Gasteiger partial charge on any atom is -0.346 e. The number of pyridine rings is 2. The van der Waals surface area contributed by atoms with Gasteiger partial charge in [-0.25, -0.2) is 0 Å². The first-order valence-electron chi connectivity index (χ1n) is 7.86. The molecule has 5 nitrogen and oxygen atoms in total. The van der Waals surface area contributed by atoms with Crippen LogP contribution in [-0.2, 0) is 11.3 Å². The number of carbonyl (C=O) groups excluding carboxylic acids is 1. The zero-order chi connectivity index (χ0) is 17.1. The molecule has 122 valence electrons. The molecule has 1 amide bonds. The van der Waals surface area contributed by atoms with Crippen molar-refractivity contribution in [3.05, 3.63) is 76.3 Å². The fourth-order valence-corrected chi connectivity index (χ4v) is 2.80. The second-order valence-electron chi connectivity index (χ2n) is 5.81. The molecule has 1 aromatic carbocycles. The second kappa shape index (κ2) is 6.66. The lowest BCUT2D eigenvalue weighted by molar-refractivity contribution is -0.122. The van der Waals surface area contributed by atoms with E-state index in [0.717, 1.165) is 22.2 Å². The molecule has 0 spiro atoms. The Bertz CT molecular complexity index is 932. The van der Waals surface area contributed by atoms with Crippen molar-refractivity contribution in [2.45, 2.75) is 26.4 Å². The molecule has 0 aliphatic carbocycles. The highest BCUT2D eigenvalue weighted by atomic mass is 16.2. The average molecular weight is 321 g/mol. The summed E-state index contributed by atoms with van der Waals surface area (Å²) in [7, 11) is 0. The van der Waals surface area contributed by atoms with Crippen molar-refractivity contribution >= 4 is 16.8 Å². The highest BCUT2D eigenvalue weighted by molar-refractivity contribution is 5.84. The number of aryl methyl sites for hydroxylation is 1. The van der Waals surface area contributed by atoms with Gasteiger partial charge < -0.3 is 5.32 Å². The molecule has 0 aliphatic rings. The number of nitrogens with zero attached hydrogens (tertiary/aromatic N) is 2. The van der Waals surface area contributed by atoms with Crippen LogP contribution in [-0.4, -0.2) is 15.5 Å². The van der Waals surface area contributed by atoms with Crippen LogP contribution in [0.3, 0.4) is 0 Å². The first kappa shape index (κ1) is 15.9. The van der Waals surface area contributed by atoms with Crippen LogP contribution < -0.4 is 10.9 Å². The number of carbonyl (C=O) groups is 1. The number of para-hydroxylation sites is 1. The van der Waals surface area contributed by atoms with Crippen LogP contribution in [0.5, 0.6) is 0 Å². The molecule has 3 rings (SSSR count). The van der Waals surface area contributed by atoms with Crippen LogP contribution in [0, 0.1) is 6.92 Å². The summed E-state index contributed by atoms with van der Waals surface area (Å²) < 4.78 is 1.50. The number of rotatable bonds is 4. The van der Waals surface area contributed by atoms with Crippen LogP contribution in [0.2, 0.25) is 0 Å². The summed E-state index contributed by atoms with van der Waals surface area (Å²) in [6, 6.07) is 14.5. The van der Waals surface area contributed by atoms with Gasteiger partial charge in [0.05, 0.1) is 17.3 Å². The van der Waals surface area contributed by atoms with Crippen molar-refractivity contribution in [2.24, 2.45) is 0 Å². The number of hydrogen-bond donors (Lipinski definition) is 1. The molecule has 0 fully saturated rings. The Morgan fingerprint density at radius 3 is 2.71 bits per heavy atom. The fourth-order valence-electron chi connectivity index (χ4n) is 2.80. The number of aromatic nitrogens is 2. The van der Waals surface area contributed by atoms with E-state index in [2.05, 4.69) is 10.3 Å². The Balaban J connectivity index is 1.85. The molecular formula is C19H19N3O2. The third-order valence-electron chi connectivity index (χ3n) is 4.04. The molecule has 1 atom stereocenters. The summed E-state index contributed by atoms with van der Waals surface area (Å²) in [5.41, 5.74) is 2.29. The highest BCUT2D eigenvalue weighted by Crippen LogP contribution is 2.16. The summed E-state index contributed by atoms with van der Waals surface area (Å²) >= 11 is 0. The molecule has 1 unspecified atom stereocenters. The molecule has 0 saturated heterocycles. The van der Waals surface area contributed by atoms with Crippen LogP contribution in [0.1, 0.15) is 24.2 Å². The van der Waals surface area contributed by atoms with Crippen molar-refractivity contribution in [2.75, 3.05) is 0 Å². The van der Waals surface area contributed by atoms with Crippen LogP contribution in [0.25, 0.3) is 10.9 Å². The summed E-state index contributed by atoms with van der Waals surface area (Å²) in [6.45, 7) is 3.75. The first-order chi connectivity index (χ1) is 11.6. The van der Waals surface area contributed by atoms with Gasteiger partial charge >= 0.3 is 0 Å². The van der Waals surface area contributed by atoms with Gasteiger partial charge in [-0.15, -0.1) is 0 Å². The largest absolute Gasteiger partial charge is 0.346 e. The summed E-state index contributed by atoms with van der Waals surface area (Å²) in [5.74, 6) is -0.218. The van der Waals surface area contributed by atoms with Gasteiger partial charge in [0.25, 0.3) is 5.56 Å². The second-order valence-corrected chi connectivity index (χ2v) is 5.81. The Morgan fingerprint density at radius 1 is 1.21 bits per heavy atom. The minimum absolute atomic E-state index is 0.0171. The Labute approximate surface area is 140 Å². The smallest absolute Gasteiger partial charge is 0.251 e. The van der Waals surface area contributed by atoms with E-state index in [0.29, 0.717) is 0 Å². The SMILES string of the molecule is Cc1cc(=O)n(CC(=O)NC(C)c2ccccn2)c2ccccc12. The van der Waals surface area contributed by atoms with Crippen molar-refractivity contribution in [1.82, 2.24) is 14.9 Å². The summed E-state index contributed by atoms with van der Waals surface area (Å²) in [6.07, 6.45) is 1.69. The molecule has 2 aromatic heterocycles. The van der Waals surface area contributed by atoms with Gasteiger partial charge in [-0.05, 0) is 37.6 Å². The molecule has 3 aromatic rings. The summed E-state index contributed by atoms with van der Waals surface area (Å²) in [4.78, 5) is 28.9. The van der Waals surface area contributed by atoms with Crippen LogP contribution in [0.4, 0.5) is 0 Å². The van der Waals surface area contributed by atoms with Gasteiger partial charge in [-0.1, -0.05) is 24.3 Å². The Kier molecular flexibility index (Phi) is 4.42. The number of amides is 1. The lowest BCUT2D eigenvalue weighted by Crippen LogP contribution is -2.34. The molecule has 24 heavy (non-hydrogen) atoms. The third kappa shape index (κ3) is 3.20. The zero-order valence-electron chi connectivity index (χ0n) is 13.7. The molecule has 0 radical (unpaired) electrons. The molecule has 5 heteroatoms. The van der Waals surface area contributed by atoms with Crippen molar-refractivity contribution in [3.63, 3.8) is 0 Å². The van der Waals surface area contributed by atoms with E-state index in [4.69, 9.17) is 0 Å². The normalized spacial score (nSPS) is 12.1. The molecular weight excluding hydrogens is 302 g/mol. The minimum atomic E-state index is -0.218. The maximum absolute atomic E-state index is 12.4. The van der Waals surface area contributed by atoms with Gasteiger partial charge in [0.1, 0.15) is 6.54 Å². The number of nitrogens with one attached hydrogen (secondary N) is 1. The standard InChI is InChI=1S/C19H19N3O2/c1-13-11-19(24)22(17-9-4-3-7-15(13)17)12-18(23)21-14(2)16-8-5-6-10-20-16/h3-11,14H,12H2,1-2H3,(H,21,23). The van der Waals surface area contributed by atoms with Gasteiger partial charge in [0.2, 0.25) is 5.91 Å². The molecule has 0 bridgehead atoms. The first-order valence-corrected chi connectivity index (χ1v) is 7.86. The average Bonchev–Trinajstić information content (AvgIpc) is 2.59. The van der Waals surface area contributed by atoms with E-state index >= 15 is 0 Å². The number of hydrogen-bond acceptors (Lipinski definition) is 3. The number of fused-ring (bicyclic) bond motifs is 1. The third-order valence-corrected chi connectivity index (χ3v) is 4.04. The monoisotopic (exact) mass is 321 g/mol. The molecule has 1 N–H and O–H groups in total. The van der Waals surface area contributed by atoms with Gasteiger partial charge in [0, 0.05) is 17.6 Å². The van der Waals surface area contributed by atoms with E-state index in [1.807, 2.05) is 56.3 Å². The molecule has 0 aliphatic heterocycles. The lowest BCUT2D eigenvalue weighted by Gasteiger charge is -2.15.